The lowest BCUT2D eigenvalue weighted by Gasteiger charge is -2.34. The standard InChI is InChI=1S/C16H23N3OS/c17-16(21)13-2-1-3-15(12-13)20-11-10-18-6-8-19(9-7-18)14-4-5-14/h1-3,12,14H,4-11H2,(H2,17,21). The highest BCUT2D eigenvalue weighted by molar-refractivity contribution is 7.80. The zero-order valence-corrected chi connectivity index (χ0v) is 13.1. The molecule has 1 saturated heterocycles. The molecule has 21 heavy (non-hydrogen) atoms. The summed E-state index contributed by atoms with van der Waals surface area (Å²) in [4.78, 5) is 5.52. The van der Waals surface area contributed by atoms with Gasteiger partial charge in [-0.15, -0.1) is 0 Å². The van der Waals surface area contributed by atoms with Gasteiger partial charge in [0, 0.05) is 44.3 Å². The number of thiocarbonyl (C=S) groups is 1. The summed E-state index contributed by atoms with van der Waals surface area (Å²) >= 11 is 4.98. The van der Waals surface area contributed by atoms with Crippen LogP contribution in [0.5, 0.6) is 5.75 Å². The Morgan fingerprint density at radius 2 is 2.00 bits per heavy atom. The van der Waals surface area contributed by atoms with E-state index < -0.39 is 0 Å². The Morgan fingerprint density at radius 1 is 1.24 bits per heavy atom. The summed E-state index contributed by atoms with van der Waals surface area (Å²) in [5.41, 5.74) is 6.50. The summed E-state index contributed by atoms with van der Waals surface area (Å²) in [5, 5.41) is 0. The van der Waals surface area contributed by atoms with Crippen molar-refractivity contribution >= 4 is 17.2 Å². The van der Waals surface area contributed by atoms with Gasteiger partial charge in [-0.05, 0) is 25.0 Å². The van der Waals surface area contributed by atoms with Gasteiger partial charge in [-0.25, -0.2) is 0 Å². The Morgan fingerprint density at radius 3 is 2.67 bits per heavy atom. The summed E-state index contributed by atoms with van der Waals surface area (Å²) in [6.07, 6.45) is 2.81. The van der Waals surface area contributed by atoms with E-state index in [0.717, 1.165) is 37.0 Å². The fraction of sp³-hybridized carbons (Fsp3) is 0.562. The molecule has 0 unspecified atom stereocenters. The van der Waals surface area contributed by atoms with Crippen LogP contribution in [0.1, 0.15) is 18.4 Å². The number of piperazine rings is 1. The van der Waals surface area contributed by atoms with Crippen LogP contribution in [0.25, 0.3) is 0 Å². The predicted molar refractivity (Wildman–Crippen MR) is 88.9 cm³/mol. The molecule has 1 saturated carbocycles. The Balaban J connectivity index is 1.40. The molecule has 114 valence electrons. The van der Waals surface area contributed by atoms with Gasteiger partial charge in [0.15, 0.2) is 0 Å². The van der Waals surface area contributed by atoms with Gasteiger partial charge < -0.3 is 10.5 Å². The smallest absolute Gasteiger partial charge is 0.120 e. The van der Waals surface area contributed by atoms with Gasteiger partial charge in [0.05, 0.1) is 0 Å². The Labute approximate surface area is 131 Å². The Hall–Kier alpha value is -1.17. The fourth-order valence-electron chi connectivity index (χ4n) is 2.82. The Kier molecular flexibility index (Phi) is 4.73. The van der Waals surface area contributed by atoms with Crippen molar-refractivity contribution in [3.05, 3.63) is 29.8 Å². The van der Waals surface area contributed by atoms with Crippen LogP contribution < -0.4 is 10.5 Å². The summed E-state index contributed by atoms with van der Waals surface area (Å²) in [6.45, 7) is 6.43. The molecular weight excluding hydrogens is 282 g/mol. The Bertz CT molecular complexity index is 496. The van der Waals surface area contributed by atoms with Crippen LogP contribution in [0.2, 0.25) is 0 Å². The molecule has 1 aliphatic carbocycles. The highest BCUT2D eigenvalue weighted by Crippen LogP contribution is 2.27. The van der Waals surface area contributed by atoms with Crippen LogP contribution in [-0.4, -0.2) is 60.2 Å². The van der Waals surface area contributed by atoms with Crippen molar-refractivity contribution in [2.24, 2.45) is 5.73 Å². The molecule has 0 amide bonds. The first-order chi connectivity index (χ1) is 10.2. The average molecular weight is 305 g/mol. The summed E-state index contributed by atoms with van der Waals surface area (Å²) in [7, 11) is 0. The maximum Gasteiger partial charge on any atom is 0.120 e. The van der Waals surface area contributed by atoms with E-state index in [2.05, 4.69) is 9.80 Å². The van der Waals surface area contributed by atoms with E-state index in [0.29, 0.717) is 11.6 Å². The predicted octanol–water partition coefficient (Wildman–Crippen LogP) is 1.48. The molecule has 3 rings (SSSR count). The summed E-state index contributed by atoms with van der Waals surface area (Å²) in [6, 6.07) is 8.59. The number of nitrogens with two attached hydrogens (primary N) is 1. The number of ether oxygens (including phenoxy) is 1. The number of rotatable bonds is 6. The van der Waals surface area contributed by atoms with E-state index in [-0.39, 0.29) is 0 Å². The van der Waals surface area contributed by atoms with Crippen LogP contribution >= 0.6 is 12.2 Å². The minimum absolute atomic E-state index is 0.414. The van der Waals surface area contributed by atoms with Crippen molar-refractivity contribution in [1.82, 2.24) is 9.80 Å². The maximum absolute atomic E-state index is 5.82. The molecule has 1 heterocycles. The minimum atomic E-state index is 0.414. The van der Waals surface area contributed by atoms with Crippen molar-refractivity contribution in [2.45, 2.75) is 18.9 Å². The lowest BCUT2D eigenvalue weighted by atomic mass is 10.2. The van der Waals surface area contributed by atoms with Crippen LogP contribution in [0, 0.1) is 0 Å². The molecule has 0 spiro atoms. The second-order valence-electron chi connectivity index (χ2n) is 5.85. The van der Waals surface area contributed by atoms with Crippen LogP contribution in [-0.2, 0) is 0 Å². The number of benzene rings is 1. The minimum Gasteiger partial charge on any atom is -0.492 e. The largest absolute Gasteiger partial charge is 0.492 e. The van der Waals surface area contributed by atoms with E-state index in [1.807, 2.05) is 24.3 Å². The summed E-state index contributed by atoms with van der Waals surface area (Å²) in [5.74, 6) is 0.844. The first kappa shape index (κ1) is 14.8. The first-order valence-corrected chi connectivity index (χ1v) is 8.12. The fourth-order valence-corrected chi connectivity index (χ4v) is 2.95. The van der Waals surface area contributed by atoms with Gasteiger partial charge in [-0.3, -0.25) is 9.80 Å². The van der Waals surface area contributed by atoms with Crippen molar-refractivity contribution in [3.63, 3.8) is 0 Å². The molecule has 0 radical (unpaired) electrons. The maximum atomic E-state index is 5.82. The third kappa shape index (κ3) is 4.15. The molecule has 4 nitrogen and oxygen atoms in total. The zero-order chi connectivity index (χ0) is 14.7. The van der Waals surface area contributed by atoms with Crippen LogP contribution in [0.15, 0.2) is 24.3 Å². The molecule has 1 aliphatic heterocycles. The average Bonchev–Trinajstić information content (AvgIpc) is 3.33. The van der Waals surface area contributed by atoms with Gasteiger partial charge >= 0.3 is 0 Å². The highest BCUT2D eigenvalue weighted by Gasteiger charge is 2.30. The van der Waals surface area contributed by atoms with Crippen LogP contribution in [0.4, 0.5) is 0 Å². The van der Waals surface area contributed by atoms with E-state index in [4.69, 9.17) is 22.7 Å². The van der Waals surface area contributed by atoms with E-state index >= 15 is 0 Å². The molecule has 0 atom stereocenters. The van der Waals surface area contributed by atoms with Gasteiger partial charge in [0.25, 0.3) is 0 Å². The second-order valence-corrected chi connectivity index (χ2v) is 6.29. The van der Waals surface area contributed by atoms with Gasteiger partial charge in [-0.1, -0.05) is 24.4 Å². The lowest BCUT2D eigenvalue weighted by molar-refractivity contribution is 0.112. The van der Waals surface area contributed by atoms with Crippen molar-refractivity contribution < 1.29 is 4.74 Å². The quantitative estimate of drug-likeness (QED) is 0.806. The number of hydrogen-bond acceptors (Lipinski definition) is 4. The van der Waals surface area contributed by atoms with E-state index in [1.165, 1.54) is 25.9 Å². The van der Waals surface area contributed by atoms with E-state index in [9.17, 15) is 0 Å². The third-order valence-electron chi connectivity index (χ3n) is 4.26. The topological polar surface area (TPSA) is 41.7 Å². The third-order valence-corrected chi connectivity index (χ3v) is 4.50. The molecule has 2 N–H and O–H groups in total. The van der Waals surface area contributed by atoms with E-state index in [1.54, 1.807) is 0 Å². The van der Waals surface area contributed by atoms with Crippen molar-refractivity contribution in [3.8, 4) is 5.75 Å². The molecule has 1 aromatic carbocycles. The molecule has 0 aromatic heterocycles. The highest BCUT2D eigenvalue weighted by atomic mass is 32.1. The van der Waals surface area contributed by atoms with Crippen molar-refractivity contribution in [2.75, 3.05) is 39.3 Å². The monoisotopic (exact) mass is 305 g/mol. The van der Waals surface area contributed by atoms with Gasteiger partial charge in [0.2, 0.25) is 0 Å². The molecule has 0 bridgehead atoms. The van der Waals surface area contributed by atoms with Crippen LogP contribution in [0.3, 0.4) is 0 Å². The molecule has 2 aliphatic rings. The van der Waals surface area contributed by atoms with Gasteiger partial charge in [-0.2, -0.15) is 0 Å². The zero-order valence-electron chi connectivity index (χ0n) is 12.3. The summed E-state index contributed by atoms with van der Waals surface area (Å²) < 4.78 is 5.82. The number of hydrogen-bond donors (Lipinski definition) is 1. The second kappa shape index (κ2) is 6.73. The molecule has 2 fully saturated rings. The molecular formula is C16H23N3OS. The van der Waals surface area contributed by atoms with Crippen molar-refractivity contribution in [1.29, 1.82) is 0 Å². The normalized spacial score (nSPS) is 20.4. The SMILES string of the molecule is NC(=S)c1cccc(OCCN2CCN(C3CC3)CC2)c1. The lowest BCUT2D eigenvalue weighted by Crippen LogP contribution is -2.48. The first-order valence-electron chi connectivity index (χ1n) is 7.71. The van der Waals surface area contributed by atoms with Gasteiger partial charge in [0.1, 0.15) is 17.3 Å². The molecule has 5 heteroatoms. The number of nitrogens with zero attached hydrogens (tertiary/aromatic N) is 2. The molecule has 1 aromatic rings.